The van der Waals surface area contributed by atoms with Gasteiger partial charge in [0.25, 0.3) is 0 Å². The quantitative estimate of drug-likeness (QED) is 0.563. The molecular formula is C19H29NO5. The van der Waals surface area contributed by atoms with E-state index >= 15 is 0 Å². The van der Waals surface area contributed by atoms with E-state index in [2.05, 4.69) is 19.2 Å². The molecule has 25 heavy (non-hydrogen) atoms. The molecule has 0 aliphatic rings. The molecule has 140 valence electrons. The summed E-state index contributed by atoms with van der Waals surface area (Å²) in [7, 11) is 0. The Labute approximate surface area is 149 Å². The molecule has 0 aromatic heterocycles. The van der Waals surface area contributed by atoms with Gasteiger partial charge in [-0.3, -0.25) is 4.79 Å². The highest BCUT2D eigenvalue weighted by atomic mass is 16.5. The van der Waals surface area contributed by atoms with Crippen molar-refractivity contribution in [1.82, 2.24) is 5.32 Å². The Morgan fingerprint density at radius 1 is 1.16 bits per heavy atom. The minimum absolute atomic E-state index is 0.0302. The first kappa shape index (κ1) is 21.0. The number of benzene rings is 1. The molecule has 0 unspecified atom stereocenters. The van der Waals surface area contributed by atoms with Crippen molar-refractivity contribution in [2.24, 2.45) is 11.8 Å². The highest BCUT2D eigenvalue weighted by molar-refractivity contribution is 5.67. The summed E-state index contributed by atoms with van der Waals surface area (Å²) in [5.41, 5.74) is 0.917. The molecule has 0 heterocycles. The fourth-order valence-electron chi connectivity index (χ4n) is 2.21. The zero-order valence-electron chi connectivity index (χ0n) is 15.1. The average Bonchev–Trinajstić information content (AvgIpc) is 2.57. The van der Waals surface area contributed by atoms with Crippen LogP contribution in [0.4, 0.5) is 4.79 Å². The molecule has 1 aromatic rings. The maximum Gasteiger partial charge on any atom is 0.407 e. The first-order valence-electron chi connectivity index (χ1n) is 8.71. The normalized spacial score (nSPS) is 12.0. The largest absolute Gasteiger partial charge is 0.481 e. The number of carbonyl (C=O) groups is 2. The van der Waals surface area contributed by atoms with Crippen LogP contribution in [0.25, 0.3) is 0 Å². The maximum atomic E-state index is 11.7. The van der Waals surface area contributed by atoms with Crippen LogP contribution in [-0.4, -0.2) is 36.9 Å². The summed E-state index contributed by atoms with van der Waals surface area (Å²) in [6.45, 7) is 5.81. The van der Waals surface area contributed by atoms with E-state index < -0.39 is 12.1 Å². The van der Waals surface area contributed by atoms with Crippen molar-refractivity contribution < 1.29 is 24.2 Å². The van der Waals surface area contributed by atoms with Crippen LogP contribution in [0.3, 0.4) is 0 Å². The lowest BCUT2D eigenvalue weighted by atomic mass is 10.0. The summed E-state index contributed by atoms with van der Waals surface area (Å²) in [5.74, 6) is -0.429. The monoisotopic (exact) mass is 351 g/mol. The van der Waals surface area contributed by atoms with Gasteiger partial charge in [-0.15, -0.1) is 0 Å². The number of ether oxygens (including phenoxy) is 2. The number of hydrogen-bond donors (Lipinski definition) is 2. The number of carboxylic acids is 1. The molecule has 1 amide bonds. The van der Waals surface area contributed by atoms with E-state index in [1.54, 1.807) is 0 Å². The van der Waals surface area contributed by atoms with Crippen molar-refractivity contribution in [2.75, 3.05) is 19.8 Å². The molecule has 0 bridgehead atoms. The second-order valence-corrected chi connectivity index (χ2v) is 6.50. The fourth-order valence-corrected chi connectivity index (χ4v) is 2.21. The van der Waals surface area contributed by atoms with Gasteiger partial charge >= 0.3 is 12.1 Å². The summed E-state index contributed by atoms with van der Waals surface area (Å²) in [6.07, 6.45) is 1.01. The van der Waals surface area contributed by atoms with Crippen LogP contribution in [0.1, 0.15) is 38.7 Å². The van der Waals surface area contributed by atoms with Gasteiger partial charge in [0.1, 0.15) is 6.61 Å². The van der Waals surface area contributed by atoms with Crippen LogP contribution in [0, 0.1) is 11.8 Å². The second-order valence-electron chi connectivity index (χ2n) is 6.50. The third kappa shape index (κ3) is 11.2. The van der Waals surface area contributed by atoms with Crippen molar-refractivity contribution >= 4 is 12.1 Å². The summed E-state index contributed by atoms with van der Waals surface area (Å²) in [5, 5.41) is 11.6. The lowest BCUT2D eigenvalue weighted by Crippen LogP contribution is -2.28. The Balaban J connectivity index is 2.23. The van der Waals surface area contributed by atoms with Gasteiger partial charge < -0.3 is 19.9 Å². The van der Waals surface area contributed by atoms with Gasteiger partial charge in [0.15, 0.2) is 0 Å². The first-order chi connectivity index (χ1) is 12.0. The van der Waals surface area contributed by atoms with Gasteiger partial charge in [0.2, 0.25) is 0 Å². The van der Waals surface area contributed by atoms with Crippen molar-refractivity contribution in [1.29, 1.82) is 0 Å². The van der Waals surface area contributed by atoms with E-state index in [1.807, 2.05) is 30.3 Å². The van der Waals surface area contributed by atoms with E-state index in [0.29, 0.717) is 32.1 Å². The number of aliphatic carboxylic acids is 1. The Bertz CT molecular complexity index is 504. The zero-order chi connectivity index (χ0) is 18.5. The van der Waals surface area contributed by atoms with Crippen LogP contribution in [-0.2, 0) is 20.9 Å². The van der Waals surface area contributed by atoms with E-state index in [4.69, 9.17) is 14.6 Å². The summed E-state index contributed by atoms with van der Waals surface area (Å²) >= 11 is 0. The molecule has 0 radical (unpaired) electrons. The predicted octanol–water partition coefficient (Wildman–Crippen LogP) is 3.46. The van der Waals surface area contributed by atoms with E-state index in [0.717, 1.165) is 12.0 Å². The second kappa shape index (κ2) is 12.3. The molecule has 6 nitrogen and oxygen atoms in total. The Kier molecular flexibility index (Phi) is 10.3. The van der Waals surface area contributed by atoms with Crippen LogP contribution in [0.5, 0.6) is 0 Å². The maximum absolute atomic E-state index is 11.7. The third-order valence-electron chi connectivity index (χ3n) is 3.69. The van der Waals surface area contributed by atoms with Crippen LogP contribution >= 0.6 is 0 Å². The van der Waals surface area contributed by atoms with Crippen molar-refractivity contribution in [3.63, 3.8) is 0 Å². The number of hydrogen-bond acceptors (Lipinski definition) is 4. The minimum Gasteiger partial charge on any atom is -0.481 e. The van der Waals surface area contributed by atoms with E-state index in [-0.39, 0.29) is 18.9 Å². The molecule has 1 rings (SSSR count). The van der Waals surface area contributed by atoms with Gasteiger partial charge in [0.05, 0.1) is 13.0 Å². The standard InChI is InChI=1S/C19H29NO5/c1-15(2)9-11-24-13-17(12-18(21)22)8-10-20-19(23)25-14-16-6-4-3-5-7-16/h3-7,15,17H,8-14H2,1-2H3,(H,20,23)(H,21,22)/t17-/m1/s1. The molecular weight excluding hydrogens is 322 g/mol. The lowest BCUT2D eigenvalue weighted by Gasteiger charge is -2.16. The van der Waals surface area contributed by atoms with E-state index in [1.165, 1.54) is 0 Å². The molecule has 1 aromatic carbocycles. The topological polar surface area (TPSA) is 84.9 Å². The van der Waals surface area contributed by atoms with Crippen LogP contribution < -0.4 is 5.32 Å². The summed E-state index contributed by atoms with van der Waals surface area (Å²) < 4.78 is 10.7. The van der Waals surface area contributed by atoms with Gasteiger partial charge in [-0.05, 0) is 30.2 Å². The Morgan fingerprint density at radius 2 is 1.88 bits per heavy atom. The number of alkyl carbamates (subject to hydrolysis) is 1. The molecule has 0 fully saturated rings. The van der Waals surface area contributed by atoms with Crippen molar-refractivity contribution in [3.8, 4) is 0 Å². The number of carbonyl (C=O) groups excluding carboxylic acids is 1. The van der Waals surface area contributed by atoms with Gasteiger partial charge in [0, 0.05) is 13.2 Å². The lowest BCUT2D eigenvalue weighted by molar-refractivity contribution is -0.138. The van der Waals surface area contributed by atoms with Crippen LogP contribution in [0.2, 0.25) is 0 Å². The minimum atomic E-state index is -0.857. The molecule has 0 saturated carbocycles. The highest BCUT2D eigenvalue weighted by Crippen LogP contribution is 2.10. The third-order valence-corrected chi connectivity index (χ3v) is 3.69. The average molecular weight is 351 g/mol. The first-order valence-corrected chi connectivity index (χ1v) is 8.71. The summed E-state index contributed by atoms with van der Waals surface area (Å²) in [4.78, 5) is 22.6. The van der Waals surface area contributed by atoms with E-state index in [9.17, 15) is 9.59 Å². The summed E-state index contributed by atoms with van der Waals surface area (Å²) in [6, 6.07) is 9.42. The van der Waals surface area contributed by atoms with Crippen molar-refractivity contribution in [3.05, 3.63) is 35.9 Å². The molecule has 2 N–H and O–H groups in total. The highest BCUT2D eigenvalue weighted by Gasteiger charge is 2.14. The van der Waals surface area contributed by atoms with Crippen LogP contribution in [0.15, 0.2) is 30.3 Å². The van der Waals surface area contributed by atoms with Gasteiger partial charge in [-0.25, -0.2) is 4.79 Å². The van der Waals surface area contributed by atoms with Gasteiger partial charge in [-0.1, -0.05) is 44.2 Å². The predicted molar refractivity (Wildman–Crippen MR) is 95.3 cm³/mol. The SMILES string of the molecule is CC(C)CCOC[C@H](CCNC(=O)OCc1ccccc1)CC(=O)O. The Morgan fingerprint density at radius 3 is 2.52 bits per heavy atom. The Hall–Kier alpha value is -2.08. The number of carboxylic acid groups (broad SMARTS) is 1. The number of nitrogens with one attached hydrogen (secondary N) is 1. The smallest absolute Gasteiger partial charge is 0.407 e. The molecule has 6 heteroatoms. The van der Waals surface area contributed by atoms with Crippen molar-refractivity contribution in [2.45, 2.75) is 39.7 Å². The molecule has 0 aliphatic carbocycles. The van der Waals surface area contributed by atoms with Gasteiger partial charge in [-0.2, -0.15) is 0 Å². The zero-order valence-corrected chi connectivity index (χ0v) is 15.1. The molecule has 1 atom stereocenters. The number of rotatable bonds is 12. The fraction of sp³-hybridized carbons (Fsp3) is 0.579. The molecule has 0 aliphatic heterocycles. The number of amides is 1. The molecule has 0 saturated heterocycles. The molecule has 0 spiro atoms.